The van der Waals surface area contributed by atoms with Crippen molar-refractivity contribution in [2.45, 2.75) is 6.04 Å². The van der Waals surface area contributed by atoms with Crippen molar-refractivity contribution >= 4 is 65.8 Å². The van der Waals surface area contributed by atoms with E-state index in [0.29, 0.717) is 0 Å². The number of hydrogen-bond acceptors (Lipinski definition) is 2. The first-order valence-electron chi connectivity index (χ1n) is 4.98. The topological polar surface area (TPSA) is 12.0 Å². The first-order valence-corrected chi connectivity index (χ1v) is 8.52. The first-order chi connectivity index (χ1) is 8.11. The zero-order valence-corrected chi connectivity index (χ0v) is 15.2. The predicted octanol–water partition coefficient (Wildman–Crippen LogP) is 5.19. The highest BCUT2D eigenvalue weighted by atomic mass is 127. The van der Waals surface area contributed by atoms with Gasteiger partial charge in [-0.3, -0.25) is 0 Å². The van der Waals surface area contributed by atoms with Gasteiger partial charge in [0.15, 0.2) is 0 Å². The molecule has 0 bridgehead atoms. The van der Waals surface area contributed by atoms with E-state index in [1.54, 1.807) is 11.3 Å². The van der Waals surface area contributed by atoms with E-state index in [1.807, 2.05) is 13.1 Å². The second kappa shape index (κ2) is 6.14. The number of benzene rings is 1. The van der Waals surface area contributed by atoms with E-state index in [-0.39, 0.29) is 6.04 Å². The molecule has 1 atom stereocenters. The van der Waals surface area contributed by atoms with Crippen LogP contribution in [0.3, 0.4) is 0 Å². The molecule has 0 aliphatic carbocycles. The van der Waals surface area contributed by atoms with Gasteiger partial charge in [-0.05, 0) is 70.4 Å². The number of hydrogen-bond donors (Lipinski definition) is 1. The van der Waals surface area contributed by atoms with E-state index in [0.717, 1.165) is 8.95 Å². The first kappa shape index (κ1) is 14.0. The average molecular weight is 487 g/mol. The van der Waals surface area contributed by atoms with E-state index in [9.17, 15) is 0 Å². The maximum Gasteiger partial charge on any atom is 0.0656 e. The van der Waals surface area contributed by atoms with Gasteiger partial charge >= 0.3 is 0 Å². The molecule has 1 unspecified atom stereocenters. The Hall–Kier alpha value is 0.570. The highest BCUT2D eigenvalue weighted by Crippen LogP contribution is 2.33. The lowest BCUT2D eigenvalue weighted by Crippen LogP contribution is -2.17. The Kier molecular flexibility index (Phi) is 5.06. The Morgan fingerprint density at radius 3 is 2.65 bits per heavy atom. The van der Waals surface area contributed by atoms with Crippen molar-refractivity contribution in [3.8, 4) is 0 Å². The van der Waals surface area contributed by atoms with Crippen LogP contribution in [-0.2, 0) is 0 Å². The largest absolute Gasteiger partial charge is 0.309 e. The van der Waals surface area contributed by atoms with E-state index in [2.05, 4.69) is 83.3 Å². The summed E-state index contributed by atoms with van der Waals surface area (Å²) in [5, 5.41) is 5.57. The number of rotatable bonds is 3. The molecule has 17 heavy (non-hydrogen) atoms. The molecule has 0 radical (unpaired) electrons. The second-order valence-corrected chi connectivity index (χ2v) is 8.15. The fraction of sp³-hybridized carbons (Fsp3) is 0.167. The van der Waals surface area contributed by atoms with Crippen LogP contribution in [0.4, 0.5) is 0 Å². The lowest BCUT2D eigenvalue weighted by molar-refractivity contribution is 0.691. The molecule has 0 aliphatic heterocycles. The van der Waals surface area contributed by atoms with E-state index < -0.39 is 0 Å². The number of nitrogens with one attached hydrogen (secondary N) is 1. The summed E-state index contributed by atoms with van der Waals surface area (Å²) in [6.07, 6.45) is 0. The van der Waals surface area contributed by atoms with E-state index >= 15 is 0 Å². The van der Waals surface area contributed by atoms with Crippen molar-refractivity contribution in [1.82, 2.24) is 5.32 Å². The van der Waals surface area contributed by atoms with Crippen molar-refractivity contribution < 1.29 is 0 Å². The molecule has 0 saturated heterocycles. The summed E-state index contributed by atoms with van der Waals surface area (Å²) < 4.78 is 3.53. The minimum atomic E-state index is 0.224. The quantitative estimate of drug-likeness (QED) is 0.589. The van der Waals surface area contributed by atoms with Gasteiger partial charge in [-0.15, -0.1) is 11.3 Å². The van der Waals surface area contributed by atoms with E-state index in [4.69, 9.17) is 0 Å². The van der Waals surface area contributed by atoms with Gasteiger partial charge in [-0.2, -0.15) is 0 Å². The highest BCUT2D eigenvalue weighted by molar-refractivity contribution is 14.1. The lowest BCUT2D eigenvalue weighted by atomic mass is 10.0. The summed E-state index contributed by atoms with van der Waals surface area (Å²) in [6.45, 7) is 0. The maximum atomic E-state index is 3.62. The molecule has 1 N–H and O–H groups in total. The van der Waals surface area contributed by atoms with Gasteiger partial charge in [-0.1, -0.05) is 31.9 Å². The minimum absolute atomic E-state index is 0.224. The Morgan fingerprint density at radius 1 is 1.29 bits per heavy atom. The molecule has 1 aromatic heterocycles. The van der Waals surface area contributed by atoms with Crippen LogP contribution in [0.15, 0.2) is 38.6 Å². The molecule has 0 aliphatic rings. The summed E-state index contributed by atoms with van der Waals surface area (Å²) in [5.74, 6) is 0. The molecule has 2 rings (SSSR count). The van der Waals surface area contributed by atoms with Crippen LogP contribution in [0.1, 0.15) is 17.2 Å². The monoisotopic (exact) mass is 485 g/mol. The molecule has 90 valence electrons. The maximum absolute atomic E-state index is 3.62. The lowest BCUT2D eigenvalue weighted by Gasteiger charge is -2.17. The average Bonchev–Trinajstić information content (AvgIpc) is 2.71. The van der Waals surface area contributed by atoms with Crippen LogP contribution in [0.5, 0.6) is 0 Å². The molecule has 0 fully saturated rings. The van der Waals surface area contributed by atoms with Crippen molar-refractivity contribution in [2.75, 3.05) is 7.05 Å². The normalized spacial score (nSPS) is 12.7. The Labute approximate surface area is 135 Å². The van der Waals surface area contributed by atoms with Gasteiger partial charge < -0.3 is 5.32 Å². The van der Waals surface area contributed by atoms with Gasteiger partial charge in [0.2, 0.25) is 0 Å². The van der Waals surface area contributed by atoms with Crippen molar-refractivity contribution in [3.63, 3.8) is 0 Å². The van der Waals surface area contributed by atoms with Gasteiger partial charge in [0.1, 0.15) is 0 Å². The molecule has 1 nitrogen and oxygen atoms in total. The SMILES string of the molecule is CNC(c1csc(I)c1)c1cc(Br)ccc1Br. The fourth-order valence-corrected chi connectivity index (χ4v) is 3.96. The minimum Gasteiger partial charge on any atom is -0.309 e. The third kappa shape index (κ3) is 3.32. The second-order valence-electron chi connectivity index (χ2n) is 3.57. The molecular weight excluding hydrogens is 477 g/mol. The summed E-state index contributed by atoms with van der Waals surface area (Å²) in [5.41, 5.74) is 2.55. The Balaban J connectivity index is 2.45. The Morgan fingerprint density at radius 2 is 2.06 bits per heavy atom. The standard InChI is InChI=1S/C12H10Br2INS/c1-16-12(7-4-11(15)17-6-7)9-5-8(13)2-3-10(9)14/h2-6,12,16H,1H3. The Bertz CT molecular complexity index is 527. The molecule has 5 heteroatoms. The van der Waals surface area contributed by atoms with Gasteiger partial charge in [0.25, 0.3) is 0 Å². The van der Waals surface area contributed by atoms with Crippen LogP contribution in [0.2, 0.25) is 0 Å². The third-order valence-electron chi connectivity index (χ3n) is 2.48. The molecule has 2 aromatic rings. The molecule has 0 amide bonds. The van der Waals surface area contributed by atoms with Gasteiger partial charge in [0, 0.05) is 8.95 Å². The summed E-state index contributed by atoms with van der Waals surface area (Å²) in [7, 11) is 1.99. The van der Waals surface area contributed by atoms with Crippen molar-refractivity contribution in [3.05, 3.63) is 52.6 Å². The summed E-state index contributed by atoms with van der Waals surface area (Å²) >= 11 is 11.3. The van der Waals surface area contributed by atoms with Crippen LogP contribution in [0, 0.1) is 2.88 Å². The zero-order chi connectivity index (χ0) is 12.4. The van der Waals surface area contributed by atoms with Crippen molar-refractivity contribution in [1.29, 1.82) is 0 Å². The van der Waals surface area contributed by atoms with Crippen LogP contribution >= 0.6 is 65.8 Å². The smallest absolute Gasteiger partial charge is 0.0656 e. The number of halogens is 3. The summed E-state index contributed by atoms with van der Waals surface area (Å²) in [4.78, 5) is 0. The van der Waals surface area contributed by atoms with Crippen LogP contribution in [0.25, 0.3) is 0 Å². The molecule has 0 saturated carbocycles. The number of thiophene rings is 1. The predicted molar refractivity (Wildman–Crippen MR) is 89.8 cm³/mol. The highest BCUT2D eigenvalue weighted by Gasteiger charge is 2.16. The molecular formula is C12H10Br2INS. The van der Waals surface area contributed by atoms with E-state index in [1.165, 1.54) is 14.0 Å². The molecule has 1 heterocycles. The van der Waals surface area contributed by atoms with Crippen molar-refractivity contribution in [2.24, 2.45) is 0 Å². The summed E-state index contributed by atoms with van der Waals surface area (Å²) in [6, 6.07) is 8.70. The third-order valence-corrected chi connectivity index (χ3v) is 5.50. The molecule has 1 aromatic carbocycles. The zero-order valence-electron chi connectivity index (χ0n) is 9.01. The molecule has 0 spiro atoms. The van der Waals surface area contributed by atoms with Gasteiger partial charge in [0.05, 0.1) is 8.93 Å². The van der Waals surface area contributed by atoms with Gasteiger partial charge in [-0.25, -0.2) is 0 Å². The fourth-order valence-electron chi connectivity index (χ4n) is 1.71. The van der Waals surface area contributed by atoms with Crippen LogP contribution < -0.4 is 5.32 Å². The van der Waals surface area contributed by atoms with Crippen LogP contribution in [-0.4, -0.2) is 7.05 Å².